The van der Waals surface area contributed by atoms with Crippen LogP contribution in [0.5, 0.6) is 0 Å². The standard InChI is InChI=1S/C33H42ClN3O4S/c1-5-6-20-35-33(39)31(23-27-14-8-7-9-15-27)36(24-28-16-10-13-25(2)22-28)32(38)19-12-21-37(42(4,40)41)30-18-11-17-29(34)26(30)3/h7-11,13-18,22,31H,5-6,12,19-21,23-24H2,1-4H3,(H,35,39)/t31-/m0/s1. The number of hydrogen-bond acceptors (Lipinski definition) is 4. The van der Waals surface area contributed by atoms with Gasteiger partial charge in [-0.2, -0.15) is 0 Å². The Hall–Kier alpha value is -3.36. The molecule has 0 aliphatic heterocycles. The Labute approximate surface area is 255 Å². The van der Waals surface area contributed by atoms with Gasteiger partial charge < -0.3 is 10.2 Å². The van der Waals surface area contributed by atoms with Gasteiger partial charge in [0.2, 0.25) is 21.8 Å². The molecule has 0 saturated carbocycles. The van der Waals surface area contributed by atoms with E-state index in [0.717, 1.165) is 35.8 Å². The van der Waals surface area contributed by atoms with Gasteiger partial charge in [0.25, 0.3) is 0 Å². The molecule has 0 aliphatic rings. The number of hydrogen-bond donors (Lipinski definition) is 1. The van der Waals surface area contributed by atoms with Gasteiger partial charge in [-0.05, 0) is 55.5 Å². The number of nitrogens with one attached hydrogen (secondary N) is 1. The molecule has 0 spiro atoms. The molecule has 0 bridgehead atoms. The number of amides is 2. The number of nitrogens with zero attached hydrogens (tertiary/aromatic N) is 2. The maximum Gasteiger partial charge on any atom is 0.243 e. The van der Waals surface area contributed by atoms with Crippen molar-refractivity contribution >= 4 is 39.1 Å². The third-order valence-electron chi connectivity index (χ3n) is 7.20. The van der Waals surface area contributed by atoms with Crippen molar-refractivity contribution in [3.63, 3.8) is 0 Å². The first-order valence-electron chi connectivity index (χ1n) is 14.4. The van der Waals surface area contributed by atoms with E-state index in [4.69, 9.17) is 11.6 Å². The van der Waals surface area contributed by atoms with Crippen molar-refractivity contribution in [2.75, 3.05) is 23.7 Å². The average molecular weight is 612 g/mol. The summed E-state index contributed by atoms with van der Waals surface area (Å²) in [6.45, 7) is 6.74. The van der Waals surface area contributed by atoms with Crippen LogP contribution in [0.25, 0.3) is 0 Å². The quantitative estimate of drug-likeness (QED) is 0.212. The molecular weight excluding hydrogens is 570 g/mol. The van der Waals surface area contributed by atoms with Gasteiger partial charge in [0.05, 0.1) is 11.9 Å². The predicted molar refractivity (Wildman–Crippen MR) is 171 cm³/mol. The Morgan fingerprint density at radius 2 is 1.62 bits per heavy atom. The first-order chi connectivity index (χ1) is 20.0. The fourth-order valence-corrected chi connectivity index (χ4v) is 6.10. The molecule has 0 unspecified atom stereocenters. The van der Waals surface area contributed by atoms with Gasteiger partial charge in [-0.1, -0.05) is 91.2 Å². The Kier molecular flexibility index (Phi) is 12.4. The molecule has 0 radical (unpaired) electrons. The molecule has 0 fully saturated rings. The van der Waals surface area contributed by atoms with Crippen LogP contribution in [0.4, 0.5) is 5.69 Å². The highest BCUT2D eigenvalue weighted by atomic mass is 35.5. The Morgan fingerprint density at radius 3 is 2.29 bits per heavy atom. The lowest BCUT2D eigenvalue weighted by molar-refractivity contribution is -0.141. The molecule has 1 atom stereocenters. The molecule has 3 aromatic rings. The number of carbonyl (C=O) groups is 2. The summed E-state index contributed by atoms with van der Waals surface area (Å²) in [5, 5.41) is 3.50. The first kappa shape index (κ1) is 33.1. The van der Waals surface area contributed by atoms with Crippen LogP contribution in [0.1, 0.15) is 54.9 Å². The highest BCUT2D eigenvalue weighted by Crippen LogP contribution is 2.28. The van der Waals surface area contributed by atoms with Crippen molar-refractivity contribution in [2.45, 2.75) is 65.5 Å². The maximum absolute atomic E-state index is 13.9. The third kappa shape index (κ3) is 9.60. The lowest BCUT2D eigenvalue weighted by Gasteiger charge is -2.32. The summed E-state index contributed by atoms with van der Waals surface area (Å²) < 4.78 is 26.8. The van der Waals surface area contributed by atoms with E-state index in [2.05, 4.69) is 12.2 Å². The number of carbonyl (C=O) groups excluding carboxylic acids is 2. The van der Waals surface area contributed by atoms with E-state index in [0.29, 0.717) is 29.2 Å². The normalized spacial score (nSPS) is 12.0. The zero-order valence-electron chi connectivity index (χ0n) is 25.0. The molecule has 3 aromatic carbocycles. The fourth-order valence-electron chi connectivity index (χ4n) is 4.92. The molecule has 42 heavy (non-hydrogen) atoms. The van der Waals surface area contributed by atoms with E-state index >= 15 is 0 Å². The van der Waals surface area contributed by atoms with Gasteiger partial charge in [-0.3, -0.25) is 13.9 Å². The number of aryl methyl sites for hydroxylation is 1. The minimum atomic E-state index is -3.63. The first-order valence-corrected chi connectivity index (χ1v) is 16.6. The van der Waals surface area contributed by atoms with E-state index in [1.807, 2.05) is 61.5 Å². The van der Waals surface area contributed by atoms with Gasteiger partial charge in [-0.25, -0.2) is 8.42 Å². The van der Waals surface area contributed by atoms with Crippen LogP contribution >= 0.6 is 11.6 Å². The monoisotopic (exact) mass is 611 g/mol. The number of benzene rings is 3. The molecule has 3 rings (SSSR count). The molecule has 0 aromatic heterocycles. The second-order valence-corrected chi connectivity index (χ2v) is 13.0. The molecule has 2 amide bonds. The lowest BCUT2D eigenvalue weighted by atomic mass is 10.0. The average Bonchev–Trinajstić information content (AvgIpc) is 2.94. The molecule has 1 N–H and O–H groups in total. The van der Waals surface area contributed by atoms with E-state index < -0.39 is 16.1 Å². The number of halogens is 1. The zero-order valence-corrected chi connectivity index (χ0v) is 26.5. The highest BCUT2D eigenvalue weighted by Gasteiger charge is 2.30. The minimum absolute atomic E-state index is 0.0744. The Bertz CT molecular complexity index is 1450. The summed E-state index contributed by atoms with van der Waals surface area (Å²) in [5.74, 6) is -0.403. The van der Waals surface area contributed by atoms with E-state index in [1.54, 1.807) is 30.0 Å². The van der Waals surface area contributed by atoms with E-state index in [-0.39, 0.29) is 37.7 Å². The van der Waals surface area contributed by atoms with Crippen LogP contribution in [0.15, 0.2) is 72.8 Å². The molecule has 0 saturated heterocycles. The Balaban J connectivity index is 1.89. The zero-order chi connectivity index (χ0) is 30.7. The SMILES string of the molecule is CCCCNC(=O)[C@H](Cc1ccccc1)N(Cc1cccc(C)c1)C(=O)CCCN(c1cccc(Cl)c1C)S(C)(=O)=O. The van der Waals surface area contributed by atoms with Gasteiger partial charge in [0, 0.05) is 37.5 Å². The number of rotatable bonds is 15. The summed E-state index contributed by atoms with van der Waals surface area (Å²) >= 11 is 6.28. The minimum Gasteiger partial charge on any atom is -0.354 e. The van der Waals surface area contributed by atoms with Crippen molar-refractivity contribution in [1.29, 1.82) is 0 Å². The van der Waals surface area contributed by atoms with Gasteiger partial charge in [-0.15, -0.1) is 0 Å². The van der Waals surface area contributed by atoms with E-state index in [1.165, 1.54) is 4.31 Å². The van der Waals surface area contributed by atoms with Crippen molar-refractivity contribution in [2.24, 2.45) is 0 Å². The molecular formula is C33H42ClN3O4S. The largest absolute Gasteiger partial charge is 0.354 e. The third-order valence-corrected chi connectivity index (χ3v) is 8.79. The molecule has 7 nitrogen and oxygen atoms in total. The van der Waals surface area contributed by atoms with E-state index in [9.17, 15) is 18.0 Å². The summed E-state index contributed by atoms with van der Waals surface area (Å²) in [5.41, 5.74) is 4.09. The van der Waals surface area contributed by atoms with Crippen molar-refractivity contribution in [3.05, 3.63) is 100 Å². The molecule has 0 aliphatic carbocycles. The molecule has 9 heteroatoms. The summed E-state index contributed by atoms with van der Waals surface area (Å²) in [6.07, 6.45) is 3.66. The van der Waals surface area contributed by atoms with Crippen LogP contribution in [0, 0.1) is 13.8 Å². The van der Waals surface area contributed by atoms with Gasteiger partial charge in [0.1, 0.15) is 6.04 Å². The second-order valence-electron chi connectivity index (χ2n) is 10.7. The summed E-state index contributed by atoms with van der Waals surface area (Å²) in [7, 11) is -3.63. The summed E-state index contributed by atoms with van der Waals surface area (Å²) in [4.78, 5) is 29.2. The highest BCUT2D eigenvalue weighted by molar-refractivity contribution is 7.92. The predicted octanol–water partition coefficient (Wildman–Crippen LogP) is 6.06. The van der Waals surface area contributed by atoms with Gasteiger partial charge >= 0.3 is 0 Å². The fraction of sp³-hybridized carbons (Fsp3) is 0.394. The van der Waals surface area contributed by atoms with Crippen LogP contribution in [-0.4, -0.2) is 50.5 Å². The Morgan fingerprint density at radius 1 is 0.929 bits per heavy atom. The van der Waals surface area contributed by atoms with Crippen molar-refractivity contribution in [3.8, 4) is 0 Å². The number of anilines is 1. The number of unbranched alkanes of at least 4 members (excludes halogenated alkanes) is 1. The van der Waals surface area contributed by atoms with Crippen LogP contribution in [0.3, 0.4) is 0 Å². The van der Waals surface area contributed by atoms with Crippen molar-refractivity contribution in [1.82, 2.24) is 10.2 Å². The van der Waals surface area contributed by atoms with Gasteiger partial charge in [0.15, 0.2) is 0 Å². The van der Waals surface area contributed by atoms with Crippen LogP contribution in [0.2, 0.25) is 5.02 Å². The van der Waals surface area contributed by atoms with Crippen LogP contribution < -0.4 is 9.62 Å². The van der Waals surface area contributed by atoms with Crippen molar-refractivity contribution < 1.29 is 18.0 Å². The molecule has 226 valence electrons. The summed E-state index contributed by atoms with van der Waals surface area (Å²) in [6, 6.07) is 22.0. The van der Waals surface area contributed by atoms with Crippen LogP contribution in [-0.2, 0) is 32.6 Å². The smallest absolute Gasteiger partial charge is 0.243 e. The molecule has 0 heterocycles. The maximum atomic E-state index is 13.9. The second kappa shape index (κ2) is 15.8. The lowest BCUT2D eigenvalue weighted by Crippen LogP contribution is -2.50. The number of sulfonamides is 1. The topological polar surface area (TPSA) is 86.8 Å².